The van der Waals surface area contributed by atoms with Crippen LogP contribution in [0.4, 0.5) is 10.5 Å². The number of amides is 4. The third kappa shape index (κ3) is 5.31. The van der Waals surface area contributed by atoms with Crippen molar-refractivity contribution < 1.29 is 28.6 Å². The summed E-state index contributed by atoms with van der Waals surface area (Å²) >= 11 is 9.67. The Morgan fingerprint density at radius 2 is 1.70 bits per heavy atom. The Morgan fingerprint density at radius 3 is 2.33 bits per heavy atom. The number of carbonyl (C=O) groups is 3. The second-order valence-corrected chi connectivity index (χ2v) is 7.96. The fraction of sp³-hybridized carbons (Fsp3) is 0.261. The van der Waals surface area contributed by atoms with Crippen LogP contribution in [0.5, 0.6) is 17.2 Å². The van der Waals surface area contributed by atoms with E-state index in [0.717, 1.165) is 4.90 Å². The van der Waals surface area contributed by atoms with Gasteiger partial charge >= 0.3 is 6.03 Å². The largest absolute Gasteiger partial charge is 0.494 e. The number of nitrogens with zero attached hydrogens (tertiary/aromatic N) is 1. The third-order valence-corrected chi connectivity index (χ3v) is 5.37. The Bertz CT molecular complexity index is 1110. The van der Waals surface area contributed by atoms with Gasteiger partial charge in [-0.05, 0) is 72.6 Å². The highest BCUT2D eigenvalue weighted by molar-refractivity contribution is 9.10. The summed E-state index contributed by atoms with van der Waals surface area (Å²) in [5.41, 5.74) is 0.386. The summed E-state index contributed by atoms with van der Waals surface area (Å²) < 4.78 is 17.1. The van der Waals surface area contributed by atoms with Gasteiger partial charge in [-0.2, -0.15) is 0 Å². The van der Waals surface area contributed by atoms with Gasteiger partial charge in [0.2, 0.25) is 0 Å². The highest BCUT2D eigenvalue weighted by Gasteiger charge is 2.38. The minimum absolute atomic E-state index is 0.162. The predicted octanol–water partition coefficient (Wildman–Crippen LogP) is 4.97. The molecule has 33 heavy (non-hydrogen) atoms. The summed E-state index contributed by atoms with van der Waals surface area (Å²) in [5, 5.41) is 2.51. The van der Waals surface area contributed by atoms with Crippen LogP contribution in [0, 0.1) is 0 Å². The van der Waals surface area contributed by atoms with Gasteiger partial charge in [0.25, 0.3) is 11.8 Å². The standard InChI is InChI=1S/C23H22BrClN2O6/c1-4-31-14-7-8-19(32-5-2)18(12-14)27-22(29)15(21(28)26-23(27)30)9-13-10-16(24)20(33-6-3)17(25)11-13/h7-12H,4-6H2,1-3H3,(H,26,28,30)/b15-9+. The van der Waals surface area contributed by atoms with Crippen molar-refractivity contribution in [3.8, 4) is 17.2 Å². The van der Waals surface area contributed by atoms with Crippen LogP contribution >= 0.6 is 27.5 Å². The molecule has 8 nitrogen and oxygen atoms in total. The van der Waals surface area contributed by atoms with E-state index in [1.165, 1.54) is 12.1 Å². The Labute approximate surface area is 204 Å². The van der Waals surface area contributed by atoms with Gasteiger partial charge in [0, 0.05) is 6.07 Å². The maximum absolute atomic E-state index is 13.3. The van der Waals surface area contributed by atoms with Gasteiger partial charge in [0.15, 0.2) is 5.75 Å². The van der Waals surface area contributed by atoms with E-state index in [1.807, 2.05) is 13.8 Å². The van der Waals surface area contributed by atoms with E-state index in [2.05, 4.69) is 21.2 Å². The Balaban J connectivity index is 2.06. The average Bonchev–Trinajstić information content (AvgIpc) is 2.75. The van der Waals surface area contributed by atoms with Crippen LogP contribution in [0.15, 0.2) is 40.4 Å². The Hall–Kier alpha value is -3.04. The van der Waals surface area contributed by atoms with Crippen molar-refractivity contribution in [2.24, 2.45) is 0 Å². The minimum atomic E-state index is -0.886. The summed E-state index contributed by atoms with van der Waals surface area (Å²) in [7, 11) is 0. The molecule has 0 saturated carbocycles. The van der Waals surface area contributed by atoms with E-state index in [1.54, 1.807) is 31.2 Å². The van der Waals surface area contributed by atoms with Gasteiger partial charge in [-0.1, -0.05) is 11.6 Å². The van der Waals surface area contributed by atoms with Crippen LogP contribution < -0.4 is 24.4 Å². The summed E-state index contributed by atoms with van der Waals surface area (Å²) in [6.07, 6.45) is 1.36. The lowest BCUT2D eigenvalue weighted by molar-refractivity contribution is -0.122. The molecule has 1 fully saturated rings. The second kappa shape index (κ2) is 10.7. The number of imide groups is 2. The number of urea groups is 1. The van der Waals surface area contributed by atoms with E-state index >= 15 is 0 Å². The van der Waals surface area contributed by atoms with Crippen LogP contribution in [-0.4, -0.2) is 37.7 Å². The van der Waals surface area contributed by atoms with Crippen molar-refractivity contribution in [3.05, 3.63) is 51.0 Å². The lowest BCUT2D eigenvalue weighted by Gasteiger charge is -2.28. The molecule has 0 radical (unpaired) electrons. The first-order chi connectivity index (χ1) is 15.8. The van der Waals surface area contributed by atoms with Crippen LogP contribution in [0.3, 0.4) is 0 Å². The first-order valence-corrected chi connectivity index (χ1v) is 11.4. The molecule has 1 aliphatic rings. The summed E-state index contributed by atoms with van der Waals surface area (Å²) in [6.45, 7) is 6.54. The van der Waals surface area contributed by atoms with Gasteiger partial charge in [-0.15, -0.1) is 0 Å². The van der Waals surface area contributed by atoms with Crippen molar-refractivity contribution in [1.82, 2.24) is 5.32 Å². The molecule has 174 valence electrons. The normalized spacial score (nSPS) is 15.0. The number of benzene rings is 2. The highest BCUT2D eigenvalue weighted by Crippen LogP contribution is 2.37. The van der Waals surface area contributed by atoms with Gasteiger partial charge in [0.05, 0.1) is 35.0 Å². The molecule has 0 aliphatic carbocycles. The molecule has 2 aromatic carbocycles. The first kappa shape index (κ1) is 24.6. The fourth-order valence-corrected chi connectivity index (χ4v) is 4.18. The quantitative estimate of drug-likeness (QED) is 0.378. The summed E-state index contributed by atoms with van der Waals surface area (Å²) in [4.78, 5) is 39.4. The smallest absolute Gasteiger partial charge is 0.336 e. The molecular weight excluding hydrogens is 516 g/mol. The van der Waals surface area contributed by atoms with Crippen LogP contribution in [0.2, 0.25) is 5.02 Å². The number of hydrogen-bond donors (Lipinski definition) is 1. The fourth-order valence-electron chi connectivity index (χ4n) is 3.19. The van der Waals surface area contributed by atoms with E-state index in [9.17, 15) is 14.4 Å². The number of anilines is 1. The van der Waals surface area contributed by atoms with Gasteiger partial charge < -0.3 is 14.2 Å². The predicted molar refractivity (Wildman–Crippen MR) is 128 cm³/mol. The van der Waals surface area contributed by atoms with Crippen molar-refractivity contribution in [2.75, 3.05) is 24.7 Å². The van der Waals surface area contributed by atoms with E-state index < -0.39 is 17.8 Å². The van der Waals surface area contributed by atoms with Crippen molar-refractivity contribution in [2.45, 2.75) is 20.8 Å². The Morgan fingerprint density at radius 1 is 1.00 bits per heavy atom. The highest BCUT2D eigenvalue weighted by atomic mass is 79.9. The molecule has 0 atom stereocenters. The minimum Gasteiger partial charge on any atom is -0.494 e. The molecule has 1 aliphatic heterocycles. The SMILES string of the molecule is CCOc1ccc(OCC)c(N2C(=O)NC(=O)/C(=C\c3cc(Cl)c(OCC)c(Br)c3)C2=O)c1. The summed E-state index contributed by atoms with van der Waals surface area (Å²) in [5.74, 6) is -0.432. The molecule has 3 rings (SSSR count). The Kier molecular flexibility index (Phi) is 7.99. The van der Waals surface area contributed by atoms with Gasteiger partial charge in [0.1, 0.15) is 17.1 Å². The molecule has 1 heterocycles. The summed E-state index contributed by atoms with van der Waals surface area (Å²) in [6, 6.07) is 7.13. The number of ether oxygens (including phenoxy) is 3. The zero-order valence-corrected chi connectivity index (χ0v) is 20.6. The lowest BCUT2D eigenvalue weighted by Crippen LogP contribution is -2.54. The van der Waals surface area contributed by atoms with E-state index in [0.29, 0.717) is 52.1 Å². The number of nitrogens with one attached hydrogen (secondary N) is 1. The monoisotopic (exact) mass is 536 g/mol. The molecule has 1 saturated heterocycles. The van der Waals surface area contributed by atoms with Crippen LogP contribution in [0.1, 0.15) is 26.3 Å². The zero-order chi connectivity index (χ0) is 24.1. The second-order valence-electron chi connectivity index (χ2n) is 6.70. The number of hydrogen-bond acceptors (Lipinski definition) is 6. The first-order valence-electron chi connectivity index (χ1n) is 10.2. The molecule has 4 amide bonds. The number of carbonyl (C=O) groups excluding carboxylic acids is 3. The maximum atomic E-state index is 13.3. The van der Waals surface area contributed by atoms with E-state index in [-0.39, 0.29) is 11.3 Å². The molecule has 0 spiro atoms. The van der Waals surface area contributed by atoms with Gasteiger partial charge in [-0.25, -0.2) is 9.69 Å². The van der Waals surface area contributed by atoms with E-state index in [4.69, 9.17) is 25.8 Å². The maximum Gasteiger partial charge on any atom is 0.336 e. The number of rotatable bonds is 8. The third-order valence-electron chi connectivity index (χ3n) is 4.50. The van der Waals surface area contributed by atoms with Gasteiger partial charge in [-0.3, -0.25) is 14.9 Å². The molecule has 0 bridgehead atoms. The molecule has 1 N–H and O–H groups in total. The topological polar surface area (TPSA) is 94.2 Å². The van der Waals surface area contributed by atoms with Crippen LogP contribution in [-0.2, 0) is 9.59 Å². The zero-order valence-electron chi connectivity index (χ0n) is 18.2. The number of halogens is 2. The van der Waals surface area contributed by atoms with Crippen molar-refractivity contribution in [1.29, 1.82) is 0 Å². The molecule has 2 aromatic rings. The van der Waals surface area contributed by atoms with Crippen LogP contribution in [0.25, 0.3) is 6.08 Å². The van der Waals surface area contributed by atoms with Crippen molar-refractivity contribution >= 4 is 57.1 Å². The number of barbiturate groups is 1. The lowest BCUT2D eigenvalue weighted by atomic mass is 10.1. The molecule has 0 aromatic heterocycles. The average molecular weight is 538 g/mol. The molecule has 0 unspecified atom stereocenters. The molecule has 10 heteroatoms. The molecular formula is C23H22BrClN2O6. The van der Waals surface area contributed by atoms with Crippen molar-refractivity contribution in [3.63, 3.8) is 0 Å².